The second-order valence-corrected chi connectivity index (χ2v) is 3.49. The molecule has 0 bridgehead atoms. The molecule has 0 aliphatic carbocycles. The molecule has 6 heteroatoms. The molecule has 0 amide bonds. The van der Waals surface area contributed by atoms with Crippen molar-refractivity contribution in [1.29, 1.82) is 0 Å². The number of rotatable bonds is 3. The van der Waals surface area contributed by atoms with Crippen LogP contribution in [-0.2, 0) is 6.54 Å². The van der Waals surface area contributed by atoms with E-state index in [0.29, 0.717) is 6.54 Å². The van der Waals surface area contributed by atoms with Crippen molar-refractivity contribution in [2.24, 2.45) is 5.73 Å². The Labute approximate surface area is 87.8 Å². The van der Waals surface area contributed by atoms with E-state index in [0.717, 1.165) is 23.5 Å². The fraction of sp³-hybridized carbons (Fsp3) is 0.444. The molecule has 0 aliphatic rings. The van der Waals surface area contributed by atoms with Gasteiger partial charge in [0.25, 0.3) is 0 Å². The molecule has 0 saturated heterocycles. The van der Waals surface area contributed by atoms with Crippen molar-refractivity contribution in [3.8, 4) is 0 Å². The molecule has 0 atom stereocenters. The van der Waals surface area contributed by atoms with Crippen LogP contribution in [0.1, 0.15) is 0 Å². The first-order valence-electron chi connectivity index (χ1n) is 4.77. The lowest BCUT2D eigenvalue weighted by Gasteiger charge is -2.10. The zero-order valence-corrected chi connectivity index (χ0v) is 8.88. The molecule has 2 heterocycles. The molecule has 15 heavy (non-hydrogen) atoms. The van der Waals surface area contributed by atoms with Gasteiger partial charge in [-0.25, -0.2) is 15.0 Å². The van der Waals surface area contributed by atoms with Crippen LogP contribution in [0, 0.1) is 0 Å². The van der Waals surface area contributed by atoms with Crippen molar-refractivity contribution in [3.63, 3.8) is 0 Å². The average Bonchev–Trinajstić information content (AvgIpc) is 2.62. The summed E-state index contributed by atoms with van der Waals surface area (Å²) in [6.07, 6.45) is 3.30. The van der Waals surface area contributed by atoms with Gasteiger partial charge < -0.3 is 15.2 Å². The Morgan fingerprint density at radius 2 is 2.13 bits per heavy atom. The number of hydrogen-bond donors (Lipinski definition) is 1. The fourth-order valence-corrected chi connectivity index (χ4v) is 1.50. The van der Waals surface area contributed by atoms with E-state index in [-0.39, 0.29) is 0 Å². The second-order valence-electron chi connectivity index (χ2n) is 3.49. The maximum Gasteiger partial charge on any atom is 0.165 e. The summed E-state index contributed by atoms with van der Waals surface area (Å²) in [4.78, 5) is 14.6. The number of fused-ring (bicyclic) bond motifs is 1. The van der Waals surface area contributed by atoms with Crippen molar-refractivity contribution in [3.05, 3.63) is 12.7 Å². The monoisotopic (exact) mass is 206 g/mol. The first kappa shape index (κ1) is 9.85. The first-order chi connectivity index (χ1) is 7.24. The van der Waals surface area contributed by atoms with E-state index in [4.69, 9.17) is 5.73 Å². The number of aromatic nitrogens is 4. The molecular formula is C9H14N6. The summed E-state index contributed by atoms with van der Waals surface area (Å²) in [5.74, 6) is 0.829. The van der Waals surface area contributed by atoms with Gasteiger partial charge in [0.2, 0.25) is 0 Å². The third-order valence-electron chi connectivity index (χ3n) is 2.18. The van der Waals surface area contributed by atoms with Crippen LogP contribution in [0.4, 0.5) is 5.82 Å². The van der Waals surface area contributed by atoms with Gasteiger partial charge in [-0.3, -0.25) is 0 Å². The van der Waals surface area contributed by atoms with Crippen LogP contribution in [0.5, 0.6) is 0 Å². The Morgan fingerprint density at radius 1 is 1.33 bits per heavy atom. The molecule has 2 N–H and O–H groups in total. The molecule has 0 saturated carbocycles. The van der Waals surface area contributed by atoms with Crippen molar-refractivity contribution >= 4 is 17.0 Å². The van der Waals surface area contributed by atoms with Crippen LogP contribution in [0.25, 0.3) is 11.2 Å². The molecule has 0 radical (unpaired) electrons. The Morgan fingerprint density at radius 3 is 2.80 bits per heavy atom. The number of hydrogen-bond acceptors (Lipinski definition) is 5. The zero-order chi connectivity index (χ0) is 10.8. The van der Waals surface area contributed by atoms with Crippen LogP contribution in [0.15, 0.2) is 12.7 Å². The molecule has 2 aromatic rings. The van der Waals surface area contributed by atoms with Gasteiger partial charge in [0, 0.05) is 27.2 Å². The van der Waals surface area contributed by atoms with Gasteiger partial charge in [-0.05, 0) is 0 Å². The van der Waals surface area contributed by atoms with Crippen molar-refractivity contribution in [2.75, 3.05) is 25.5 Å². The van der Waals surface area contributed by atoms with Crippen LogP contribution in [-0.4, -0.2) is 40.2 Å². The summed E-state index contributed by atoms with van der Waals surface area (Å²) >= 11 is 0. The Bertz CT molecular complexity index is 461. The normalized spacial score (nSPS) is 10.9. The van der Waals surface area contributed by atoms with E-state index < -0.39 is 0 Å². The highest BCUT2D eigenvalue weighted by Gasteiger charge is 2.10. The minimum absolute atomic E-state index is 0.576. The average molecular weight is 206 g/mol. The third-order valence-corrected chi connectivity index (χ3v) is 2.18. The van der Waals surface area contributed by atoms with Gasteiger partial charge in [0.15, 0.2) is 17.0 Å². The van der Waals surface area contributed by atoms with E-state index in [2.05, 4.69) is 15.0 Å². The molecule has 2 rings (SSSR count). The molecule has 80 valence electrons. The van der Waals surface area contributed by atoms with E-state index >= 15 is 0 Å². The van der Waals surface area contributed by atoms with Crippen LogP contribution in [0.2, 0.25) is 0 Å². The number of imidazole rings is 1. The molecule has 0 spiro atoms. The predicted molar refractivity (Wildman–Crippen MR) is 58.7 cm³/mol. The molecule has 0 aromatic carbocycles. The van der Waals surface area contributed by atoms with Gasteiger partial charge in [0.05, 0.1) is 6.33 Å². The number of anilines is 1. The Hall–Kier alpha value is -1.69. The van der Waals surface area contributed by atoms with Gasteiger partial charge in [-0.1, -0.05) is 0 Å². The highest BCUT2D eigenvalue weighted by molar-refractivity contribution is 5.82. The summed E-state index contributed by atoms with van der Waals surface area (Å²) in [6.45, 7) is 1.30. The zero-order valence-electron chi connectivity index (χ0n) is 8.88. The maximum absolute atomic E-state index is 5.51. The minimum atomic E-state index is 0.576. The van der Waals surface area contributed by atoms with Gasteiger partial charge in [-0.2, -0.15) is 0 Å². The third kappa shape index (κ3) is 1.63. The fourth-order valence-electron chi connectivity index (χ4n) is 1.50. The maximum atomic E-state index is 5.51. The lowest BCUT2D eigenvalue weighted by molar-refractivity contribution is 0.721. The second kappa shape index (κ2) is 3.82. The summed E-state index contributed by atoms with van der Waals surface area (Å²) in [6, 6.07) is 0. The topological polar surface area (TPSA) is 72.9 Å². The molecule has 0 fully saturated rings. The smallest absolute Gasteiger partial charge is 0.165 e. The van der Waals surface area contributed by atoms with Crippen molar-refractivity contribution in [2.45, 2.75) is 6.54 Å². The highest BCUT2D eigenvalue weighted by Crippen LogP contribution is 2.18. The Kier molecular flexibility index (Phi) is 2.51. The van der Waals surface area contributed by atoms with Crippen LogP contribution in [0.3, 0.4) is 0 Å². The van der Waals surface area contributed by atoms with Gasteiger partial charge in [-0.15, -0.1) is 0 Å². The number of nitrogens with zero attached hydrogens (tertiary/aromatic N) is 5. The lowest BCUT2D eigenvalue weighted by Crippen LogP contribution is -2.12. The lowest BCUT2D eigenvalue weighted by atomic mass is 10.4. The SMILES string of the molecule is CN(C)c1ncnc2c1ncn2CCN. The van der Waals surface area contributed by atoms with Gasteiger partial charge in [0.1, 0.15) is 6.33 Å². The molecular weight excluding hydrogens is 192 g/mol. The van der Waals surface area contributed by atoms with E-state index in [1.165, 1.54) is 0 Å². The minimum Gasteiger partial charge on any atom is -0.361 e. The largest absolute Gasteiger partial charge is 0.361 e. The van der Waals surface area contributed by atoms with Crippen LogP contribution >= 0.6 is 0 Å². The Balaban J connectivity index is 2.58. The predicted octanol–water partition coefficient (Wildman–Crippen LogP) is -0.149. The van der Waals surface area contributed by atoms with E-state index in [1.54, 1.807) is 12.7 Å². The summed E-state index contributed by atoms with van der Waals surface area (Å²) in [5.41, 5.74) is 7.15. The van der Waals surface area contributed by atoms with E-state index in [9.17, 15) is 0 Å². The van der Waals surface area contributed by atoms with E-state index in [1.807, 2.05) is 23.6 Å². The van der Waals surface area contributed by atoms with Crippen molar-refractivity contribution in [1.82, 2.24) is 19.5 Å². The molecule has 6 nitrogen and oxygen atoms in total. The molecule has 2 aromatic heterocycles. The number of nitrogens with two attached hydrogens (primary N) is 1. The quantitative estimate of drug-likeness (QED) is 0.756. The first-order valence-corrected chi connectivity index (χ1v) is 4.77. The van der Waals surface area contributed by atoms with Crippen LogP contribution < -0.4 is 10.6 Å². The summed E-state index contributed by atoms with van der Waals surface area (Å²) in [7, 11) is 3.87. The summed E-state index contributed by atoms with van der Waals surface area (Å²) < 4.78 is 1.93. The molecule has 0 aliphatic heterocycles. The standard InChI is InChI=1S/C9H14N6/c1-14(2)8-7-9(12-5-11-8)15(4-3-10)6-13-7/h5-6H,3-4,10H2,1-2H3. The highest BCUT2D eigenvalue weighted by atomic mass is 15.2. The summed E-state index contributed by atoms with van der Waals surface area (Å²) in [5, 5.41) is 0. The molecule has 0 unspecified atom stereocenters. The van der Waals surface area contributed by atoms with Crippen molar-refractivity contribution < 1.29 is 0 Å². The van der Waals surface area contributed by atoms with Gasteiger partial charge >= 0.3 is 0 Å².